The number of allylic oxidation sites excluding steroid dienone is 1. The molecule has 3 N–H and O–H groups in total. The van der Waals surface area contributed by atoms with Crippen LogP contribution in [-0.2, 0) is 15.7 Å². The fourth-order valence-corrected chi connectivity index (χ4v) is 7.67. The van der Waals surface area contributed by atoms with Crippen LogP contribution in [0.3, 0.4) is 0 Å². The Hall–Kier alpha value is -5.15. The highest BCUT2D eigenvalue weighted by Crippen LogP contribution is 2.54. The first-order chi connectivity index (χ1) is 26.0. The van der Waals surface area contributed by atoms with Gasteiger partial charge in [0.2, 0.25) is 12.0 Å². The Morgan fingerprint density at radius 3 is 2.18 bits per heavy atom. The predicted octanol–water partition coefficient (Wildman–Crippen LogP) is 8.88. The molecule has 3 aromatic rings. The number of rotatable bonds is 10. The lowest BCUT2D eigenvalue weighted by Gasteiger charge is -2.30. The average Bonchev–Trinajstić information content (AvgIpc) is 4.06. The molecular formula is C39H35F8N3O5. The quantitative estimate of drug-likeness (QED) is 0.141. The molecular weight excluding hydrogens is 742 g/mol. The van der Waals surface area contributed by atoms with Crippen molar-refractivity contribution in [2.45, 2.75) is 69.1 Å². The summed E-state index contributed by atoms with van der Waals surface area (Å²) in [6.07, 6.45) is -7.63. The van der Waals surface area contributed by atoms with E-state index in [9.17, 15) is 45.1 Å². The first-order valence-corrected chi connectivity index (χ1v) is 17.7. The number of benzene rings is 3. The van der Waals surface area contributed by atoms with Gasteiger partial charge in [0.1, 0.15) is 17.4 Å². The molecule has 0 radical (unpaired) electrons. The van der Waals surface area contributed by atoms with Crippen LogP contribution in [0.25, 0.3) is 11.1 Å². The van der Waals surface area contributed by atoms with E-state index in [1.54, 1.807) is 0 Å². The largest absolute Gasteiger partial charge is 0.496 e. The van der Waals surface area contributed by atoms with Crippen LogP contribution < -0.4 is 20.7 Å². The Labute approximate surface area is 309 Å². The first-order valence-electron chi connectivity index (χ1n) is 17.7. The molecule has 0 aliphatic heterocycles. The number of hydrogen-bond acceptors (Lipinski definition) is 5. The number of alkyl carbamates (subject to hydrolysis) is 1. The van der Waals surface area contributed by atoms with E-state index in [2.05, 4.69) is 22.0 Å². The summed E-state index contributed by atoms with van der Waals surface area (Å²) in [6.45, 7) is 0. The van der Waals surface area contributed by atoms with Crippen LogP contribution >= 0.6 is 0 Å². The first kappa shape index (κ1) is 38.1. The summed E-state index contributed by atoms with van der Waals surface area (Å²) in [4.78, 5) is 40.1. The van der Waals surface area contributed by atoms with Crippen molar-refractivity contribution in [1.29, 1.82) is 0 Å². The Kier molecular flexibility index (Phi) is 10.0. The molecule has 0 spiro atoms. The number of alkyl halides is 6. The third kappa shape index (κ3) is 8.13. The van der Waals surface area contributed by atoms with Gasteiger partial charge in [-0.05, 0) is 98.4 Å². The van der Waals surface area contributed by atoms with E-state index < -0.39 is 71.1 Å². The Balaban J connectivity index is 1.18. The maximum Gasteiger partial charge on any atom is 0.429 e. The lowest BCUT2D eigenvalue weighted by atomic mass is 9.83. The van der Waals surface area contributed by atoms with Gasteiger partial charge in [0.15, 0.2) is 0 Å². The highest BCUT2D eigenvalue weighted by atomic mass is 19.4. The minimum atomic E-state index is -5.05. The van der Waals surface area contributed by atoms with E-state index in [0.29, 0.717) is 43.7 Å². The summed E-state index contributed by atoms with van der Waals surface area (Å²) < 4.78 is 122. The summed E-state index contributed by atoms with van der Waals surface area (Å²) in [5.41, 5.74) is -1.91. The maximum absolute atomic E-state index is 15.3. The van der Waals surface area contributed by atoms with Crippen molar-refractivity contribution < 1.29 is 59.0 Å². The molecule has 8 nitrogen and oxygen atoms in total. The predicted molar refractivity (Wildman–Crippen MR) is 182 cm³/mol. The fourth-order valence-electron chi connectivity index (χ4n) is 7.67. The summed E-state index contributed by atoms with van der Waals surface area (Å²) in [5.74, 6) is -5.09. The van der Waals surface area contributed by atoms with Gasteiger partial charge in [-0.2, -0.15) is 26.3 Å². The Morgan fingerprint density at radius 2 is 1.53 bits per heavy atom. The van der Waals surface area contributed by atoms with Gasteiger partial charge in [-0.25, -0.2) is 13.6 Å². The van der Waals surface area contributed by atoms with Crippen LogP contribution in [0.15, 0.2) is 66.2 Å². The number of carbonyl (C=O) groups is 3. The smallest absolute Gasteiger partial charge is 0.429 e. The zero-order valence-electron chi connectivity index (χ0n) is 29.1. The second-order valence-corrected chi connectivity index (χ2v) is 14.4. The highest BCUT2D eigenvalue weighted by Gasteiger charge is 2.55. The lowest BCUT2D eigenvalue weighted by molar-refractivity contribution is -0.206. The van der Waals surface area contributed by atoms with Gasteiger partial charge in [-0.3, -0.25) is 9.59 Å². The third-order valence-corrected chi connectivity index (χ3v) is 10.6. The molecule has 0 heterocycles. The van der Waals surface area contributed by atoms with Crippen LogP contribution in [0.5, 0.6) is 5.75 Å². The molecule has 4 aliphatic rings. The van der Waals surface area contributed by atoms with E-state index in [4.69, 9.17) is 9.47 Å². The summed E-state index contributed by atoms with van der Waals surface area (Å²) >= 11 is 0. The molecule has 4 aliphatic carbocycles. The van der Waals surface area contributed by atoms with Gasteiger partial charge >= 0.3 is 18.4 Å². The van der Waals surface area contributed by atoms with Gasteiger partial charge in [0.05, 0.1) is 24.2 Å². The van der Waals surface area contributed by atoms with Crippen LogP contribution in [-0.4, -0.2) is 43.3 Å². The number of methoxy groups -OCH3 is 1. The molecule has 0 aromatic heterocycles. The van der Waals surface area contributed by atoms with E-state index in [-0.39, 0.29) is 46.0 Å². The summed E-state index contributed by atoms with van der Waals surface area (Å²) in [7, 11) is 1.27. The molecule has 7 rings (SSSR count). The molecule has 55 heavy (non-hydrogen) atoms. The molecule has 16 heteroatoms. The van der Waals surface area contributed by atoms with Crippen LogP contribution in [0, 0.1) is 35.3 Å². The fraction of sp³-hybridized carbons (Fsp3) is 0.410. The topological polar surface area (TPSA) is 106 Å². The minimum absolute atomic E-state index is 0.0120. The normalized spacial score (nSPS) is 23.3. The van der Waals surface area contributed by atoms with E-state index in [1.165, 1.54) is 25.3 Å². The SMILES string of the molecule is COc1ccc(-c2cc(C(OC(=O)NC3CC3)C(F)(F)F)ccc2F)cc1C(=O)N[C@@H]1C2CCC(C2=CC2CC2)[C@@H]1C(=O)Nc1ccc(F)c(C(F)(F)F)c1. The molecule has 5 atom stereocenters. The van der Waals surface area contributed by atoms with E-state index in [1.807, 2.05) is 0 Å². The molecule has 3 amide bonds. The second-order valence-electron chi connectivity index (χ2n) is 14.4. The second kappa shape index (κ2) is 14.5. The maximum atomic E-state index is 15.3. The van der Waals surface area contributed by atoms with Crippen molar-refractivity contribution >= 4 is 23.6 Å². The third-order valence-electron chi connectivity index (χ3n) is 10.6. The number of halogens is 8. The minimum Gasteiger partial charge on any atom is -0.496 e. The molecule has 292 valence electrons. The van der Waals surface area contributed by atoms with Gasteiger partial charge in [-0.15, -0.1) is 0 Å². The Morgan fingerprint density at radius 1 is 0.818 bits per heavy atom. The van der Waals surface area contributed by atoms with E-state index >= 15 is 4.39 Å². The van der Waals surface area contributed by atoms with Crippen molar-refractivity contribution in [1.82, 2.24) is 10.6 Å². The number of amides is 3. The average molecular weight is 778 g/mol. The number of ether oxygens (including phenoxy) is 2. The van der Waals surface area contributed by atoms with Crippen molar-refractivity contribution in [3.63, 3.8) is 0 Å². The van der Waals surface area contributed by atoms with Crippen molar-refractivity contribution in [3.05, 3.63) is 94.6 Å². The van der Waals surface area contributed by atoms with Crippen molar-refractivity contribution in [3.8, 4) is 16.9 Å². The zero-order chi connectivity index (χ0) is 39.4. The van der Waals surface area contributed by atoms with Crippen LogP contribution in [0.2, 0.25) is 0 Å². The summed E-state index contributed by atoms with van der Waals surface area (Å²) in [5, 5.41) is 7.71. The Bertz CT molecular complexity index is 2040. The van der Waals surface area contributed by atoms with Crippen LogP contribution in [0.4, 0.5) is 45.6 Å². The zero-order valence-corrected chi connectivity index (χ0v) is 29.1. The monoisotopic (exact) mass is 777 g/mol. The lowest BCUT2D eigenvalue weighted by Crippen LogP contribution is -2.48. The molecule has 2 bridgehead atoms. The summed E-state index contributed by atoms with van der Waals surface area (Å²) in [6, 6.07) is 7.42. The highest BCUT2D eigenvalue weighted by molar-refractivity contribution is 6.00. The number of hydrogen-bond donors (Lipinski definition) is 3. The molecule has 4 saturated carbocycles. The number of anilines is 1. The van der Waals surface area contributed by atoms with Crippen molar-refractivity contribution in [2.24, 2.45) is 23.7 Å². The molecule has 3 unspecified atom stereocenters. The number of nitrogens with one attached hydrogen (secondary N) is 3. The van der Waals surface area contributed by atoms with Gasteiger partial charge in [0, 0.05) is 34.8 Å². The standard InChI is InChI=1S/C39H35F8N3O5/c1-54-31-13-5-19(25-16-20(4-11-29(25)40)34(39(45,46)47)55-37(53)49-21-6-7-21)15-27(31)35(51)50-33-24-10-9-23(26(24)14-18-2-3-18)32(33)36(52)48-22-8-12-30(41)28(17-22)38(42,43)44/h4-5,8,11-18,21,23-24,32-34H,2-3,6-7,9-10H2,1H3,(H,48,52)(H,49,53)(H,50,51)/t23?,24?,32-,33+,34?/m0/s1. The number of carbonyl (C=O) groups excluding carboxylic acids is 3. The van der Waals surface area contributed by atoms with E-state index in [0.717, 1.165) is 42.7 Å². The molecule has 3 aromatic carbocycles. The molecule has 4 fully saturated rings. The number of fused-ring (bicyclic) bond motifs is 2. The van der Waals surface area contributed by atoms with Gasteiger partial charge in [-0.1, -0.05) is 23.8 Å². The van der Waals surface area contributed by atoms with Gasteiger partial charge in [0.25, 0.3) is 5.91 Å². The van der Waals surface area contributed by atoms with Crippen LogP contribution in [0.1, 0.15) is 66.1 Å². The van der Waals surface area contributed by atoms with Gasteiger partial charge < -0.3 is 25.4 Å². The van der Waals surface area contributed by atoms with Crippen molar-refractivity contribution in [2.75, 3.05) is 12.4 Å². The molecule has 0 saturated heterocycles.